The van der Waals surface area contributed by atoms with Gasteiger partial charge in [-0.25, -0.2) is 14.7 Å². The van der Waals surface area contributed by atoms with Gasteiger partial charge in [0.05, 0.1) is 23.4 Å². The number of hydrogen-bond acceptors (Lipinski definition) is 5. The largest absolute Gasteiger partial charge is 0.447 e. The van der Waals surface area contributed by atoms with Crippen LogP contribution in [-0.2, 0) is 4.74 Å². The van der Waals surface area contributed by atoms with E-state index in [1.165, 1.54) is 11.3 Å². The van der Waals surface area contributed by atoms with E-state index in [2.05, 4.69) is 11.1 Å². The van der Waals surface area contributed by atoms with Crippen LogP contribution in [0.25, 0.3) is 11.3 Å². The summed E-state index contributed by atoms with van der Waals surface area (Å²) in [5.74, 6) is 0. The molecule has 2 heterocycles. The zero-order valence-corrected chi connectivity index (χ0v) is 11.6. The molecule has 0 radical (unpaired) electrons. The molecule has 0 saturated carbocycles. The summed E-state index contributed by atoms with van der Waals surface area (Å²) < 4.78 is 5.00. The molecule has 20 heavy (non-hydrogen) atoms. The molecule has 0 unspecified atom stereocenters. The van der Waals surface area contributed by atoms with Crippen LogP contribution < -0.4 is 4.90 Å². The summed E-state index contributed by atoms with van der Waals surface area (Å²) in [4.78, 5) is 17.7. The second-order valence-corrected chi connectivity index (χ2v) is 5.34. The van der Waals surface area contributed by atoms with Crippen LogP contribution >= 0.6 is 11.3 Å². The number of amides is 1. The lowest BCUT2D eigenvalue weighted by molar-refractivity contribution is 0.179. The van der Waals surface area contributed by atoms with Gasteiger partial charge in [0.25, 0.3) is 0 Å². The van der Waals surface area contributed by atoms with Gasteiger partial charge in [0.1, 0.15) is 6.61 Å². The van der Waals surface area contributed by atoms with Crippen molar-refractivity contribution in [3.63, 3.8) is 0 Å². The molecular weight excluding hydrogens is 274 g/mol. The maximum atomic E-state index is 11.6. The zero-order chi connectivity index (χ0) is 14.1. The highest BCUT2D eigenvalue weighted by molar-refractivity contribution is 7.14. The van der Waals surface area contributed by atoms with Crippen molar-refractivity contribution in [1.29, 1.82) is 5.26 Å². The highest BCUT2D eigenvalue weighted by atomic mass is 32.1. The minimum atomic E-state index is -0.349. The van der Waals surface area contributed by atoms with Crippen molar-refractivity contribution in [1.82, 2.24) is 4.98 Å². The highest BCUT2D eigenvalue weighted by Crippen LogP contribution is 2.30. The fourth-order valence-corrected chi connectivity index (χ4v) is 2.93. The number of carbonyl (C=O) groups is 1. The summed E-state index contributed by atoms with van der Waals surface area (Å²) in [5, 5.41) is 11.3. The Kier molecular flexibility index (Phi) is 3.12. The predicted octanol–water partition coefficient (Wildman–Crippen LogP) is 3.03. The summed E-state index contributed by atoms with van der Waals surface area (Å²) in [6, 6.07) is 9.29. The first-order valence-electron chi connectivity index (χ1n) is 6.11. The van der Waals surface area contributed by atoms with Gasteiger partial charge in [-0.1, -0.05) is 12.1 Å². The summed E-state index contributed by atoms with van der Waals surface area (Å²) >= 11 is 1.41. The lowest BCUT2D eigenvalue weighted by atomic mass is 10.1. The van der Waals surface area contributed by atoms with E-state index in [0.717, 1.165) is 11.3 Å². The third kappa shape index (κ3) is 2.12. The summed E-state index contributed by atoms with van der Waals surface area (Å²) in [6.07, 6.45) is -0.349. The predicted molar refractivity (Wildman–Crippen MR) is 75.6 cm³/mol. The van der Waals surface area contributed by atoms with E-state index >= 15 is 0 Å². The van der Waals surface area contributed by atoms with Crippen LogP contribution in [-0.4, -0.2) is 23.7 Å². The first-order chi connectivity index (χ1) is 9.69. The Hall–Kier alpha value is -2.39. The quantitative estimate of drug-likeness (QED) is 0.850. The van der Waals surface area contributed by atoms with Crippen molar-refractivity contribution < 1.29 is 9.53 Å². The van der Waals surface area contributed by atoms with Gasteiger partial charge in [-0.3, -0.25) is 0 Å². The molecule has 2 aromatic rings. The number of rotatable bonds is 2. The summed E-state index contributed by atoms with van der Waals surface area (Å²) in [7, 11) is 0. The number of carbonyl (C=O) groups excluding carboxylic acids is 1. The number of aromatic nitrogens is 1. The molecule has 1 aromatic heterocycles. The van der Waals surface area contributed by atoms with Gasteiger partial charge in [-0.2, -0.15) is 5.26 Å². The van der Waals surface area contributed by atoms with Gasteiger partial charge in [-0.05, 0) is 19.1 Å². The average molecular weight is 285 g/mol. The maximum absolute atomic E-state index is 11.6. The smallest absolute Gasteiger partial charge is 0.416 e. The molecule has 0 aliphatic carbocycles. The fourth-order valence-electron chi connectivity index (χ4n) is 2.01. The molecule has 1 atom stereocenters. The molecule has 1 aromatic carbocycles. The topological polar surface area (TPSA) is 66.2 Å². The van der Waals surface area contributed by atoms with E-state index in [4.69, 9.17) is 10.00 Å². The molecular formula is C14H11N3O2S. The molecule has 5 nitrogen and oxygen atoms in total. The monoisotopic (exact) mass is 285 g/mol. The Balaban J connectivity index is 1.90. The van der Waals surface area contributed by atoms with Crippen LogP contribution in [0.5, 0.6) is 0 Å². The van der Waals surface area contributed by atoms with Gasteiger partial charge < -0.3 is 4.74 Å². The number of anilines is 1. The lowest BCUT2D eigenvalue weighted by Crippen LogP contribution is -2.30. The van der Waals surface area contributed by atoms with E-state index in [1.54, 1.807) is 17.0 Å². The van der Waals surface area contributed by atoms with Crippen molar-refractivity contribution >= 4 is 22.6 Å². The Labute approximate surface area is 120 Å². The third-order valence-corrected chi connectivity index (χ3v) is 3.93. The molecule has 1 aliphatic rings. The molecule has 1 aliphatic heterocycles. The number of nitriles is 1. The van der Waals surface area contributed by atoms with Crippen LogP contribution in [0.3, 0.4) is 0 Å². The molecule has 3 rings (SSSR count). The standard InChI is InChI=1S/C14H11N3O2S/c1-9-7-19-14(18)17(9)13-16-12(8-20-13)11-4-2-10(6-15)3-5-11/h2-5,8-9H,7H2,1H3/t9-/m0/s1. The van der Waals surface area contributed by atoms with E-state index < -0.39 is 0 Å². The van der Waals surface area contributed by atoms with Crippen molar-refractivity contribution in [2.75, 3.05) is 11.5 Å². The Morgan fingerprint density at radius 3 is 2.80 bits per heavy atom. The molecule has 1 fully saturated rings. The van der Waals surface area contributed by atoms with Crippen molar-refractivity contribution in [3.05, 3.63) is 35.2 Å². The number of nitrogens with zero attached hydrogens (tertiary/aromatic N) is 3. The molecule has 100 valence electrons. The second-order valence-electron chi connectivity index (χ2n) is 4.50. The third-order valence-electron chi connectivity index (χ3n) is 3.09. The Bertz CT molecular complexity index is 687. The lowest BCUT2D eigenvalue weighted by Gasteiger charge is -2.13. The van der Waals surface area contributed by atoms with E-state index in [-0.39, 0.29) is 12.1 Å². The Morgan fingerprint density at radius 2 is 2.20 bits per heavy atom. The van der Waals surface area contributed by atoms with Crippen molar-refractivity contribution in [2.24, 2.45) is 0 Å². The molecule has 6 heteroatoms. The van der Waals surface area contributed by atoms with Crippen LogP contribution in [0.1, 0.15) is 12.5 Å². The van der Waals surface area contributed by atoms with Crippen LogP contribution in [0.4, 0.5) is 9.93 Å². The SMILES string of the molecule is C[C@H]1COC(=O)N1c1nc(-c2ccc(C#N)cc2)cs1. The van der Waals surface area contributed by atoms with E-state index in [0.29, 0.717) is 17.3 Å². The van der Waals surface area contributed by atoms with Crippen LogP contribution in [0, 0.1) is 11.3 Å². The maximum Gasteiger partial charge on any atom is 0.416 e. The molecule has 1 amide bonds. The number of ether oxygens (including phenoxy) is 1. The minimum absolute atomic E-state index is 0.00228. The highest BCUT2D eigenvalue weighted by Gasteiger charge is 2.32. The Morgan fingerprint density at radius 1 is 1.45 bits per heavy atom. The number of cyclic esters (lactones) is 1. The van der Waals surface area contributed by atoms with Gasteiger partial charge >= 0.3 is 6.09 Å². The van der Waals surface area contributed by atoms with Crippen LogP contribution in [0.15, 0.2) is 29.6 Å². The number of thiazole rings is 1. The number of hydrogen-bond donors (Lipinski definition) is 0. The molecule has 0 N–H and O–H groups in total. The summed E-state index contributed by atoms with van der Waals surface area (Å²) in [6.45, 7) is 2.32. The summed E-state index contributed by atoms with van der Waals surface area (Å²) in [5.41, 5.74) is 2.33. The zero-order valence-electron chi connectivity index (χ0n) is 10.7. The van der Waals surface area contributed by atoms with Crippen molar-refractivity contribution in [2.45, 2.75) is 13.0 Å². The van der Waals surface area contributed by atoms with E-state index in [9.17, 15) is 4.79 Å². The van der Waals surface area contributed by atoms with Crippen molar-refractivity contribution in [3.8, 4) is 17.3 Å². The fraction of sp³-hybridized carbons (Fsp3) is 0.214. The number of benzene rings is 1. The molecule has 1 saturated heterocycles. The first-order valence-corrected chi connectivity index (χ1v) is 6.99. The molecule has 0 spiro atoms. The van der Waals surface area contributed by atoms with Gasteiger partial charge in [-0.15, -0.1) is 11.3 Å². The second kappa shape index (κ2) is 4.94. The normalized spacial score (nSPS) is 17.9. The van der Waals surface area contributed by atoms with E-state index in [1.807, 2.05) is 24.4 Å². The van der Waals surface area contributed by atoms with Gasteiger partial charge in [0.2, 0.25) is 0 Å². The first kappa shape index (κ1) is 12.6. The van der Waals surface area contributed by atoms with Gasteiger partial charge in [0.15, 0.2) is 5.13 Å². The molecule has 0 bridgehead atoms. The van der Waals surface area contributed by atoms with Crippen LogP contribution in [0.2, 0.25) is 0 Å². The minimum Gasteiger partial charge on any atom is -0.447 e. The average Bonchev–Trinajstić information content (AvgIpc) is 3.06. The van der Waals surface area contributed by atoms with Gasteiger partial charge in [0, 0.05) is 10.9 Å².